The number of amides is 1. The van der Waals surface area contributed by atoms with Gasteiger partial charge in [0.05, 0.1) is 31.4 Å². The van der Waals surface area contributed by atoms with Crippen molar-refractivity contribution in [2.45, 2.75) is 0 Å². The Morgan fingerprint density at radius 1 is 1.06 bits per heavy atom. The van der Waals surface area contributed by atoms with E-state index >= 15 is 0 Å². The Kier molecular flexibility index (Phi) is 5.95. The summed E-state index contributed by atoms with van der Waals surface area (Å²) in [6.45, 7) is 0. The van der Waals surface area contributed by atoms with Gasteiger partial charge in [0.1, 0.15) is 5.82 Å². The number of aromatic nitrogens is 2. The van der Waals surface area contributed by atoms with E-state index in [-0.39, 0.29) is 33.1 Å². The fourth-order valence-corrected chi connectivity index (χ4v) is 3.34. The number of carbonyl (C=O) groups excluding carboxylic acids is 1. The topological polar surface area (TPSA) is 130 Å². The van der Waals surface area contributed by atoms with Crippen LogP contribution in [0.4, 0.5) is 27.4 Å². The molecule has 33 heavy (non-hydrogen) atoms. The molecule has 1 aromatic heterocycles. The molecule has 4 rings (SSSR count). The molecule has 0 saturated carbocycles. The molecule has 0 aliphatic carbocycles. The maximum absolute atomic E-state index is 13.5. The average molecular weight is 488 g/mol. The number of H-pyrrole nitrogens is 1. The van der Waals surface area contributed by atoms with Gasteiger partial charge in [0.15, 0.2) is 0 Å². The highest BCUT2D eigenvalue weighted by Crippen LogP contribution is 2.28. The molecule has 9 nitrogen and oxygen atoms in total. The van der Waals surface area contributed by atoms with Crippen molar-refractivity contribution in [3.05, 3.63) is 96.5 Å². The van der Waals surface area contributed by atoms with E-state index in [4.69, 9.17) is 23.2 Å². The Morgan fingerprint density at radius 2 is 1.85 bits per heavy atom. The lowest BCUT2D eigenvalue weighted by atomic mass is 10.1. The smallest absolute Gasteiger partial charge is 0.271 e. The van der Waals surface area contributed by atoms with Crippen LogP contribution >= 0.6 is 23.2 Å². The number of fused-ring (bicyclic) bond motifs is 1. The van der Waals surface area contributed by atoms with Gasteiger partial charge in [-0.25, -0.2) is 9.37 Å². The van der Waals surface area contributed by atoms with E-state index in [1.807, 2.05) is 0 Å². The maximum atomic E-state index is 13.5. The highest BCUT2D eigenvalue weighted by atomic mass is 35.5. The maximum Gasteiger partial charge on any atom is 0.271 e. The summed E-state index contributed by atoms with van der Waals surface area (Å²) < 4.78 is 13.5. The van der Waals surface area contributed by atoms with E-state index in [0.717, 1.165) is 18.2 Å². The molecule has 0 aliphatic rings. The molecule has 166 valence electrons. The number of aromatic amines is 1. The molecule has 12 heteroatoms. The van der Waals surface area contributed by atoms with Crippen LogP contribution in [0.5, 0.6) is 0 Å². The molecule has 3 N–H and O–H groups in total. The number of nitrogens with zero attached hydrogens (tertiary/aromatic N) is 2. The van der Waals surface area contributed by atoms with Gasteiger partial charge in [-0.3, -0.25) is 24.7 Å². The molecule has 0 radical (unpaired) electrons. The van der Waals surface area contributed by atoms with Gasteiger partial charge in [-0.1, -0.05) is 29.3 Å². The summed E-state index contributed by atoms with van der Waals surface area (Å²) in [4.78, 5) is 42.9. The van der Waals surface area contributed by atoms with Gasteiger partial charge < -0.3 is 10.6 Å². The van der Waals surface area contributed by atoms with Crippen LogP contribution in [0.3, 0.4) is 0 Å². The first-order valence-electron chi connectivity index (χ1n) is 9.23. The first kappa shape index (κ1) is 22.2. The molecule has 0 fully saturated rings. The zero-order chi connectivity index (χ0) is 23.7. The van der Waals surface area contributed by atoms with Crippen molar-refractivity contribution in [1.29, 1.82) is 0 Å². The van der Waals surface area contributed by atoms with Crippen molar-refractivity contribution in [2.24, 2.45) is 0 Å². The second kappa shape index (κ2) is 8.85. The first-order valence-corrected chi connectivity index (χ1v) is 9.98. The predicted octanol–water partition coefficient (Wildman–Crippen LogP) is 5.27. The van der Waals surface area contributed by atoms with Crippen LogP contribution in [-0.2, 0) is 0 Å². The van der Waals surface area contributed by atoms with Gasteiger partial charge in [-0.15, -0.1) is 0 Å². The molecule has 0 unspecified atom stereocenters. The van der Waals surface area contributed by atoms with Crippen molar-refractivity contribution < 1.29 is 14.1 Å². The summed E-state index contributed by atoms with van der Waals surface area (Å²) in [6, 6.07) is 11.7. The number of nitro benzene ring substituents is 1. The van der Waals surface area contributed by atoms with Gasteiger partial charge in [0.25, 0.3) is 17.2 Å². The first-order chi connectivity index (χ1) is 15.7. The molecule has 0 spiro atoms. The standard InChI is InChI=1S/C21H12Cl2FN5O4/c22-16-5-4-12(7-17(16)23)26-21-27-18-14(19(30)25-11-3-1-2-10(24)6-11)8-13(29(32)33)9-15(18)20(31)28-21/h1-9H,(H,25,30)(H2,26,27,28,31). The van der Waals surface area contributed by atoms with E-state index in [2.05, 4.69) is 20.6 Å². The SMILES string of the molecule is O=C(Nc1cccc(F)c1)c1cc([N+](=O)[O-])cc2c(=O)[nH]c(Nc3ccc(Cl)c(Cl)c3)nc12. The Balaban J connectivity index is 1.82. The molecule has 1 heterocycles. The molecular formula is C21H12Cl2FN5O4. The van der Waals surface area contributed by atoms with Gasteiger partial charge in [-0.2, -0.15) is 0 Å². The number of halogens is 3. The zero-order valence-electron chi connectivity index (χ0n) is 16.4. The third-order valence-electron chi connectivity index (χ3n) is 4.52. The Bertz CT molecular complexity index is 1490. The van der Waals surface area contributed by atoms with Crippen LogP contribution in [0.2, 0.25) is 10.0 Å². The quantitative estimate of drug-likeness (QED) is 0.259. The summed E-state index contributed by atoms with van der Waals surface area (Å²) >= 11 is 11.9. The van der Waals surface area contributed by atoms with E-state index in [1.54, 1.807) is 6.07 Å². The minimum Gasteiger partial charge on any atom is -0.326 e. The molecule has 0 aliphatic heterocycles. The second-order valence-electron chi connectivity index (χ2n) is 6.78. The fourth-order valence-electron chi connectivity index (χ4n) is 3.04. The average Bonchev–Trinajstić information content (AvgIpc) is 2.75. The monoisotopic (exact) mass is 487 g/mol. The lowest BCUT2D eigenvalue weighted by Gasteiger charge is -2.11. The minimum atomic E-state index is -0.812. The van der Waals surface area contributed by atoms with Crippen LogP contribution in [0.25, 0.3) is 10.9 Å². The van der Waals surface area contributed by atoms with Gasteiger partial charge in [0.2, 0.25) is 5.95 Å². The number of carbonyl (C=O) groups is 1. The van der Waals surface area contributed by atoms with Gasteiger partial charge >= 0.3 is 0 Å². The van der Waals surface area contributed by atoms with Crippen molar-refractivity contribution in [1.82, 2.24) is 9.97 Å². The summed E-state index contributed by atoms with van der Waals surface area (Å²) in [5.41, 5.74) is -0.971. The van der Waals surface area contributed by atoms with Crippen molar-refractivity contribution >= 4 is 63.0 Å². The van der Waals surface area contributed by atoms with E-state index < -0.39 is 27.9 Å². The van der Waals surface area contributed by atoms with Crippen LogP contribution in [0, 0.1) is 15.9 Å². The van der Waals surface area contributed by atoms with Crippen molar-refractivity contribution in [3.63, 3.8) is 0 Å². The van der Waals surface area contributed by atoms with Crippen LogP contribution in [0.1, 0.15) is 10.4 Å². The third kappa shape index (κ3) is 4.76. The normalized spacial score (nSPS) is 10.8. The number of non-ortho nitro benzene ring substituents is 1. The van der Waals surface area contributed by atoms with Crippen molar-refractivity contribution in [3.8, 4) is 0 Å². The lowest BCUT2D eigenvalue weighted by molar-refractivity contribution is -0.384. The lowest BCUT2D eigenvalue weighted by Crippen LogP contribution is -2.17. The van der Waals surface area contributed by atoms with Crippen LogP contribution in [0.15, 0.2) is 59.4 Å². The molecule has 1 amide bonds. The Morgan fingerprint density at radius 3 is 2.55 bits per heavy atom. The third-order valence-corrected chi connectivity index (χ3v) is 5.25. The van der Waals surface area contributed by atoms with Gasteiger partial charge in [-0.05, 0) is 36.4 Å². The van der Waals surface area contributed by atoms with Gasteiger partial charge in [0, 0.05) is 23.5 Å². The number of rotatable bonds is 5. The van der Waals surface area contributed by atoms with E-state index in [0.29, 0.717) is 10.7 Å². The number of nitrogens with one attached hydrogen (secondary N) is 3. The highest BCUT2D eigenvalue weighted by molar-refractivity contribution is 6.42. The summed E-state index contributed by atoms with van der Waals surface area (Å²) in [5.74, 6) is -1.44. The molecule has 0 bridgehead atoms. The fraction of sp³-hybridized carbons (Fsp3) is 0. The molecule has 4 aromatic rings. The van der Waals surface area contributed by atoms with Crippen LogP contribution < -0.4 is 16.2 Å². The predicted molar refractivity (Wildman–Crippen MR) is 123 cm³/mol. The molecule has 3 aromatic carbocycles. The molecule has 0 saturated heterocycles. The summed E-state index contributed by atoms with van der Waals surface area (Å²) in [5, 5.41) is 17.1. The second-order valence-corrected chi connectivity index (χ2v) is 7.59. The molecule has 0 atom stereocenters. The summed E-state index contributed by atoms with van der Waals surface area (Å²) in [6.07, 6.45) is 0. The zero-order valence-corrected chi connectivity index (χ0v) is 17.9. The number of hydrogen-bond donors (Lipinski definition) is 3. The van der Waals surface area contributed by atoms with E-state index in [9.17, 15) is 24.1 Å². The minimum absolute atomic E-state index is 0.0421. The van der Waals surface area contributed by atoms with Crippen molar-refractivity contribution in [2.75, 3.05) is 10.6 Å². The summed E-state index contributed by atoms with van der Waals surface area (Å²) in [7, 11) is 0. The Hall–Kier alpha value is -4.02. The Labute approximate surface area is 194 Å². The van der Waals surface area contributed by atoms with Crippen LogP contribution in [-0.4, -0.2) is 20.8 Å². The number of anilines is 3. The number of hydrogen-bond acceptors (Lipinski definition) is 6. The van der Waals surface area contributed by atoms with E-state index in [1.165, 1.54) is 30.3 Å². The molecular weight excluding hydrogens is 476 g/mol. The largest absolute Gasteiger partial charge is 0.326 e. The number of benzene rings is 3. The highest BCUT2D eigenvalue weighted by Gasteiger charge is 2.21. The number of nitro groups is 1.